The third-order valence-electron chi connectivity index (χ3n) is 12.2. The molecule has 0 spiro atoms. The largest absolute Gasteiger partial charge is 0.310 e. The Bertz CT molecular complexity index is 3480. The van der Waals surface area contributed by atoms with Gasteiger partial charge in [-0.05, 0) is 148 Å². The summed E-state index contributed by atoms with van der Waals surface area (Å²) in [4.78, 5) is 2.34. The summed E-state index contributed by atoms with van der Waals surface area (Å²) < 4.78 is 0. The van der Waals surface area contributed by atoms with Gasteiger partial charge in [0.15, 0.2) is 0 Å². The lowest BCUT2D eigenvalue weighted by atomic mass is 9.91. The van der Waals surface area contributed by atoms with Gasteiger partial charge in [-0.3, -0.25) is 0 Å². The molecule has 0 aliphatic carbocycles. The fourth-order valence-electron chi connectivity index (χ4n) is 8.91. The van der Waals surface area contributed by atoms with Crippen LogP contribution in [0.4, 0.5) is 17.1 Å². The standard InChI is InChI=1S/C62H43N/c1-3-13-50(14-4-1)62(61-21-11-17-49-15-9-10-20-60(49)61)40-46-24-28-48(29-25-46)54-33-32-52-38-44(26-30-55(52)41-54)22-23-45-27-31-56-43-59(37-35-53(56)39-45)63(57-18-5-2-6-19-57)58-36-34-47-12-7-8-16-51(47)42-58/h1-43H/b23-22+,62-40-. The lowest BCUT2D eigenvalue weighted by Gasteiger charge is -2.26. The lowest BCUT2D eigenvalue weighted by molar-refractivity contribution is 1.29. The van der Waals surface area contributed by atoms with E-state index in [1.54, 1.807) is 0 Å². The topological polar surface area (TPSA) is 3.24 Å². The Labute approximate surface area is 368 Å². The van der Waals surface area contributed by atoms with Crippen LogP contribution in [-0.4, -0.2) is 0 Å². The number of benzene rings is 11. The van der Waals surface area contributed by atoms with Gasteiger partial charge in [0.05, 0.1) is 0 Å². The summed E-state index contributed by atoms with van der Waals surface area (Å²) in [5, 5.41) is 9.84. The van der Waals surface area contributed by atoms with Gasteiger partial charge < -0.3 is 4.90 Å². The molecule has 0 saturated heterocycles. The highest BCUT2D eigenvalue weighted by molar-refractivity contribution is 6.03. The normalized spacial score (nSPS) is 11.8. The monoisotopic (exact) mass is 801 g/mol. The molecule has 0 heterocycles. The smallest absolute Gasteiger partial charge is 0.0468 e. The molecule has 0 aliphatic heterocycles. The fraction of sp³-hybridized carbons (Fsp3) is 0. The first-order valence-corrected chi connectivity index (χ1v) is 21.6. The number of fused-ring (bicyclic) bond motifs is 4. The molecule has 0 radical (unpaired) electrons. The van der Waals surface area contributed by atoms with E-state index in [4.69, 9.17) is 0 Å². The minimum absolute atomic E-state index is 1.13. The van der Waals surface area contributed by atoms with Gasteiger partial charge in [-0.25, -0.2) is 0 Å². The Morgan fingerprint density at radius 2 is 0.794 bits per heavy atom. The SMILES string of the molecule is C(=C(\c1ccccc1)c1cccc2ccccc12)/c1ccc(-c2ccc3cc(/C=C/c4ccc5cc(N(c6ccccc6)c6ccc7ccccc7c6)ccc5c4)ccc3c2)cc1. The highest BCUT2D eigenvalue weighted by atomic mass is 15.1. The van der Waals surface area contributed by atoms with Crippen LogP contribution in [0, 0.1) is 0 Å². The van der Waals surface area contributed by atoms with Crippen molar-refractivity contribution in [2.24, 2.45) is 0 Å². The van der Waals surface area contributed by atoms with Gasteiger partial charge in [0.25, 0.3) is 0 Å². The van der Waals surface area contributed by atoms with Crippen molar-refractivity contribution in [3.8, 4) is 11.1 Å². The summed E-state index contributed by atoms with van der Waals surface area (Å²) in [6, 6.07) is 87.7. The molecular formula is C62H43N. The summed E-state index contributed by atoms with van der Waals surface area (Å²) in [7, 11) is 0. The van der Waals surface area contributed by atoms with Crippen molar-refractivity contribution in [3.05, 3.63) is 270 Å². The minimum Gasteiger partial charge on any atom is -0.310 e. The Kier molecular flexibility index (Phi) is 9.97. The minimum atomic E-state index is 1.13. The zero-order chi connectivity index (χ0) is 42.0. The molecule has 1 heteroatoms. The van der Waals surface area contributed by atoms with Crippen LogP contribution in [-0.2, 0) is 0 Å². The van der Waals surface area contributed by atoms with E-state index in [2.05, 4.69) is 266 Å². The molecule has 0 N–H and O–H groups in total. The zero-order valence-electron chi connectivity index (χ0n) is 34.8. The molecule has 11 aromatic rings. The first-order chi connectivity index (χ1) is 31.2. The summed E-state index contributed by atoms with van der Waals surface area (Å²) >= 11 is 0. The quantitative estimate of drug-likeness (QED) is 0.131. The molecule has 63 heavy (non-hydrogen) atoms. The van der Waals surface area contributed by atoms with Crippen LogP contribution in [0.1, 0.15) is 27.8 Å². The van der Waals surface area contributed by atoms with Crippen molar-refractivity contribution in [1.29, 1.82) is 0 Å². The van der Waals surface area contributed by atoms with Gasteiger partial charge in [-0.2, -0.15) is 0 Å². The second-order valence-electron chi connectivity index (χ2n) is 16.2. The van der Waals surface area contributed by atoms with Gasteiger partial charge in [-0.1, -0.05) is 200 Å². The van der Waals surface area contributed by atoms with Gasteiger partial charge >= 0.3 is 0 Å². The number of hydrogen-bond acceptors (Lipinski definition) is 1. The predicted octanol–water partition coefficient (Wildman–Crippen LogP) is 17.2. The molecule has 0 fully saturated rings. The number of anilines is 3. The molecule has 0 atom stereocenters. The molecule has 1 nitrogen and oxygen atoms in total. The van der Waals surface area contributed by atoms with E-state index in [1.807, 2.05) is 0 Å². The van der Waals surface area contributed by atoms with Gasteiger partial charge in [0.1, 0.15) is 0 Å². The van der Waals surface area contributed by atoms with Crippen LogP contribution < -0.4 is 4.90 Å². The second kappa shape index (κ2) is 16.7. The van der Waals surface area contributed by atoms with Crippen LogP contribution in [0.3, 0.4) is 0 Å². The maximum absolute atomic E-state index is 2.34. The van der Waals surface area contributed by atoms with E-state index in [-0.39, 0.29) is 0 Å². The molecule has 11 aromatic carbocycles. The first kappa shape index (κ1) is 37.7. The first-order valence-electron chi connectivity index (χ1n) is 21.6. The summed E-state index contributed by atoms with van der Waals surface area (Å²) in [5.74, 6) is 0. The van der Waals surface area contributed by atoms with Crippen molar-refractivity contribution in [3.63, 3.8) is 0 Å². The Balaban J connectivity index is 0.826. The van der Waals surface area contributed by atoms with Crippen LogP contribution >= 0.6 is 0 Å². The van der Waals surface area contributed by atoms with Gasteiger partial charge in [0.2, 0.25) is 0 Å². The molecule has 0 amide bonds. The summed E-state index contributed by atoms with van der Waals surface area (Å²) in [6.07, 6.45) is 6.75. The molecule has 0 aliphatic rings. The van der Waals surface area contributed by atoms with Crippen molar-refractivity contribution in [2.75, 3.05) is 4.90 Å². The van der Waals surface area contributed by atoms with E-state index < -0.39 is 0 Å². The maximum atomic E-state index is 2.34. The van der Waals surface area contributed by atoms with Crippen LogP contribution in [0.5, 0.6) is 0 Å². The van der Waals surface area contributed by atoms with Crippen molar-refractivity contribution in [1.82, 2.24) is 0 Å². The molecule has 11 rings (SSSR count). The van der Waals surface area contributed by atoms with Crippen LogP contribution in [0.2, 0.25) is 0 Å². The number of para-hydroxylation sites is 1. The third-order valence-corrected chi connectivity index (χ3v) is 12.2. The highest BCUT2D eigenvalue weighted by Crippen LogP contribution is 2.38. The second-order valence-corrected chi connectivity index (χ2v) is 16.2. The van der Waals surface area contributed by atoms with Crippen molar-refractivity contribution in [2.45, 2.75) is 0 Å². The number of nitrogens with zero attached hydrogens (tertiary/aromatic N) is 1. The summed E-state index contributed by atoms with van der Waals surface area (Å²) in [5.41, 5.74) is 13.0. The van der Waals surface area contributed by atoms with Crippen LogP contribution in [0.15, 0.2) is 243 Å². The predicted molar refractivity (Wildman–Crippen MR) is 272 cm³/mol. The average Bonchev–Trinajstić information content (AvgIpc) is 3.35. The summed E-state index contributed by atoms with van der Waals surface area (Å²) in [6.45, 7) is 0. The third kappa shape index (κ3) is 7.81. The molecule has 0 bridgehead atoms. The van der Waals surface area contributed by atoms with Gasteiger partial charge in [-0.15, -0.1) is 0 Å². The Morgan fingerprint density at radius 1 is 0.302 bits per heavy atom. The molecule has 296 valence electrons. The molecule has 0 aromatic heterocycles. The van der Waals surface area contributed by atoms with Gasteiger partial charge in [0, 0.05) is 17.1 Å². The lowest BCUT2D eigenvalue weighted by Crippen LogP contribution is -2.09. The highest BCUT2D eigenvalue weighted by Gasteiger charge is 2.14. The van der Waals surface area contributed by atoms with E-state index in [0.29, 0.717) is 0 Å². The van der Waals surface area contributed by atoms with Crippen molar-refractivity contribution >= 4 is 84.0 Å². The maximum Gasteiger partial charge on any atom is 0.0468 e. The Hall–Kier alpha value is -8.26. The van der Waals surface area contributed by atoms with Crippen molar-refractivity contribution < 1.29 is 0 Å². The average molecular weight is 802 g/mol. The molecular weight excluding hydrogens is 759 g/mol. The zero-order valence-corrected chi connectivity index (χ0v) is 34.8. The van der Waals surface area contributed by atoms with E-state index in [9.17, 15) is 0 Å². The molecule has 0 unspecified atom stereocenters. The van der Waals surface area contributed by atoms with Crippen LogP contribution in [0.25, 0.3) is 78.0 Å². The Morgan fingerprint density at radius 3 is 1.51 bits per heavy atom. The fourth-order valence-corrected chi connectivity index (χ4v) is 8.91. The van der Waals surface area contributed by atoms with E-state index in [1.165, 1.54) is 87.6 Å². The number of hydrogen-bond donors (Lipinski definition) is 0. The molecule has 0 saturated carbocycles. The van der Waals surface area contributed by atoms with E-state index >= 15 is 0 Å². The van der Waals surface area contributed by atoms with E-state index in [0.717, 1.165) is 17.1 Å². The number of rotatable bonds is 9.